The molecule has 9 heteroatoms. The highest BCUT2D eigenvalue weighted by Crippen LogP contribution is 2.21. The lowest BCUT2D eigenvalue weighted by molar-refractivity contribution is -0.155. The predicted octanol–water partition coefficient (Wildman–Crippen LogP) is 2.41. The van der Waals surface area contributed by atoms with E-state index in [-0.39, 0.29) is 16.5 Å². The van der Waals surface area contributed by atoms with Gasteiger partial charge in [0.15, 0.2) is 0 Å². The third kappa shape index (κ3) is 4.41. The molecule has 0 aliphatic heterocycles. The number of amides is 1. The first-order valence-corrected chi connectivity index (χ1v) is 10.1. The first-order valence-electron chi connectivity index (χ1n) is 7.69. The summed E-state index contributed by atoms with van der Waals surface area (Å²) < 4.78 is 27.0. The highest BCUT2D eigenvalue weighted by molar-refractivity contribution is 7.94. The SMILES string of the molecule is CN(C(=O)Cc1ccc(NS(=O)(=O)c2cccs2)cc1)C(C)(C)C(=O)O. The van der Waals surface area contributed by atoms with Crippen molar-refractivity contribution in [3.8, 4) is 0 Å². The number of hydrogen-bond donors (Lipinski definition) is 2. The van der Waals surface area contributed by atoms with E-state index >= 15 is 0 Å². The van der Waals surface area contributed by atoms with E-state index in [0.29, 0.717) is 11.3 Å². The van der Waals surface area contributed by atoms with Gasteiger partial charge < -0.3 is 10.0 Å². The molecule has 2 aromatic rings. The van der Waals surface area contributed by atoms with Gasteiger partial charge in [-0.05, 0) is 43.0 Å². The molecule has 7 nitrogen and oxygen atoms in total. The maximum atomic E-state index is 12.3. The molecule has 0 atom stereocenters. The molecule has 0 fully saturated rings. The van der Waals surface area contributed by atoms with Gasteiger partial charge in [-0.1, -0.05) is 18.2 Å². The summed E-state index contributed by atoms with van der Waals surface area (Å²) in [5.74, 6) is -1.43. The first-order chi connectivity index (χ1) is 12.0. The number of carbonyl (C=O) groups is 2. The Hall–Kier alpha value is -2.39. The van der Waals surface area contributed by atoms with Crippen LogP contribution in [0, 0.1) is 0 Å². The maximum Gasteiger partial charge on any atom is 0.329 e. The minimum atomic E-state index is -3.62. The van der Waals surface area contributed by atoms with Crippen LogP contribution >= 0.6 is 11.3 Å². The molecule has 2 N–H and O–H groups in total. The van der Waals surface area contributed by atoms with Gasteiger partial charge in [-0.25, -0.2) is 13.2 Å². The largest absolute Gasteiger partial charge is 0.480 e. The van der Waals surface area contributed by atoms with Crippen LogP contribution in [0.5, 0.6) is 0 Å². The summed E-state index contributed by atoms with van der Waals surface area (Å²) in [6, 6.07) is 9.56. The molecule has 0 aliphatic carbocycles. The van der Waals surface area contributed by atoms with Gasteiger partial charge in [0.25, 0.3) is 10.0 Å². The molecule has 0 unspecified atom stereocenters. The number of nitrogens with zero attached hydrogens (tertiary/aromatic N) is 1. The van der Waals surface area contributed by atoms with E-state index in [1.165, 1.54) is 31.9 Å². The summed E-state index contributed by atoms with van der Waals surface area (Å²) in [7, 11) is -2.18. The monoisotopic (exact) mass is 396 g/mol. The third-order valence-corrected chi connectivity index (χ3v) is 6.84. The van der Waals surface area contributed by atoms with Crippen molar-refractivity contribution in [1.82, 2.24) is 4.90 Å². The summed E-state index contributed by atoms with van der Waals surface area (Å²) in [5.41, 5.74) is -0.274. The molecular weight excluding hydrogens is 376 g/mol. The first kappa shape index (κ1) is 19.9. The van der Waals surface area contributed by atoms with Crippen molar-refractivity contribution >= 4 is 38.9 Å². The van der Waals surface area contributed by atoms with Crippen LogP contribution in [0.15, 0.2) is 46.0 Å². The van der Waals surface area contributed by atoms with Crippen molar-refractivity contribution in [2.45, 2.75) is 30.0 Å². The highest BCUT2D eigenvalue weighted by Gasteiger charge is 2.34. The molecule has 1 aromatic carbocycles. The van der Waals surface area contributed by atoms with Gasteiger partial charge in [0.1, 0.15) is 9.75 Å². The summed E-state index contributed by atoms with van der Waals surface area (Å²) in [4.78, 5) is 24.7. The zero-order valence-corrected chi connectivity index (χ0v) is 16.2. The standard InChI is InChI=1S/C17H20N2O5S2/c1-17(2,16(21)22)19(3)14(20)11-12-6-8-13(9-7-12)18-26(23,24)15-5-4-10-25-15/h4-10,18H,11H2,1-3H3,(H,21,22). The van der Waals surface area contributed by atoms with Crippen molar-refractivity contribution in [1.29, 1.82) is 0 Å². The number of sulfonamides is 1. The Balaban J connectivity index is 2.06. The Morgan fingerprint density at radius 1 is 1.19 bits per heavy atom. The molecule has 0 aliphatic rings. The Kier molecular flexibility index (Phi) is 5.72. The molecule has 0 saturated carbocycles. The smallest absolute Gasteiger partial charge is 0.329 e. The average molecular weight is 396 g/mol. The van der Waals surface area contributed by atoms with E-state index in [1.54, 1.807) is 35.7 Å². The minimum absolute atomic E-state index is 0.0190. The molecule has 140 valence electrons. The summed E-state index contributed by atoms with van der Waals surface area (Å²) in [6.45, 7) is 2.91. The van der Waals surface area contributed by atoms with Crippen LogP contribution in [0.3, 0.4) is 0 Å². The highest BCUT2D eigenvalue weighted by atomic mass is 32.2. The van der Waals surface area contributed by atoms with Crippen LogP contribution in [0.4, 0.5) is 5.69 Å². The van der Waals surface area contributed by atoms with E-state index in [4.69, 9.17) is 0 Å². The number of carboxylic acid groups (broad SMARTS) is 1. The van der Waals surface area contributed by atoms with Crippen LogP contribution in [0.25, 0.3) is 0 Å². The number of thiophene rings is 1. The van der Waals surface area contributed by atoms with Crippen LogP contribution < -0.4 is 4.72 Å². The lowest BCUT2D eigenvalue weighted by atomic mass is 10.0. The number of anilines is 1. The molecule has 0 spiro atoms. The molecule has 1 amide bonds. The second-order valence-corrected chi connectivity index (χ2v) is 9.09. The molecule has 1 aromatic heterocycles. The minimum Gasteiger partial charge on any atom is -0.480 e. The lowest BCUT2D eigenvalue weighted by Gasteiger charge is -2.31. The summed E-state index contributed by atoms with van der Waals surface area (Å²) >= 11 is 1.12. The van der Waals surface area contributed by atoms with Gasteiger partial charge in [0.2, 0.25) is 5.91 Å². The van der Waals surface area contributed by atoms with E-state index in [9.17, 15) is 23.1 Å². The quantitative estimate of drug-likeness (QED) is 0.748. The number of hydrogen-bond acceptors (Lipinski definition) is 5. The zero-order valence-electron chi connectivity index (χ0n) is 14.6. The normalized spacial score (nSPS) is 11.8. The predicted molar refractivity (Wildman–Crippen MR) is 99.8 cm³/mol. The van der Waals surface area contributed by atoms with Crippen LogP contribution in [-0.2, 0) is 26.0 Å². The fourth-order valence-corrected chi connectivity index (χ4v) is 4.11. The number of carbonyl (C=O) groups excluding carboxylic acids is 1. The fraction of sp³-hybridized carbons (Fsp3) is 0.294. The fourth-order valence-electron chi connectivity index (χ4n) is 2.06. The van der Waals surface area contributed by atoms with Gasteiger partial charge in [-0.3, -0.25) is 9.52 Å². The van der Waals surface area contributed by atoms with Gasteiger partial charge >= 0.3 is 5.97 Å². The molecule has 26 heavy (non-hydrogen) atoms. The van der Waals surface area contributed by atoms with Gasteiger partial charge in [-0.2, -0.15) is 0 Å². The Bertz CT molecular complexity index is 888. The van der Waals surface area contributed by atoms with E-state index in [2.05, 4.69) is 4.72 Å². The van der Waals surface area contributed by atoms with Gasteiger partial charge in [-0.15, -0.1) is 11.3 Å². The van der Waals surface area contributed by atoms with Crippen LogP contribution in [-0.4, -0.2) is 42.9 Å². The van der Waals surface area contributed by atoms with Crippen LogP contribution in [0.1, 0.15) is 19.4 Å². The van der Waals surface area contributed by atoms with E-state index < -0.39 is 21.5 Å². The second-order valence-electron chi connectivity index (χ2n) is 6.23. The lowest BCUT2D eigenvalue weighted by Crippen LogP contribution is -2.51. The van der Waals surface area contributed by atoms with E-state index in [1.807, 2.05) is 0 Å². The molecular formula is C17H20N2O5S2. The third-order valence-electron chi connectivity index (χ3n) is 4.06. The second kappa shape index (κ2) is 7.46. The zero-order chi connectivity index (χ0) is 19.5. The number of benzene rings is 1. The number of rotatable bonds is 7. The van der Waals surface area contributed by atoms with Gasteiger partial charge in [0.05, 0.1) is 6.42 Å². The number of nitrogens with one attached hydrogen (secondary N) is 1. The molecule has 2 rings (SSSR count). The van der Waals surface area contributed by atoms with Crippen molar-refractivity contribution in [2.24, 2.45) is 0 Å². The Labute approximate surface area is 156 Å². The summed E-state index contributed by atoms with van der Waals surface area (Å²) in [5, 5.41) is 10.9. The number of likely N-dealkylation sites (N-methyl/N-ethyl adjacent to an activating group) is 1. The maximum absolute atomic E-state index is 12.3. The molecule has 0 saturated heterocycles. The molecule has 1 heterocycles. The van der Waals surface area contributed by atoms with Crippen molar-refractivity contribution < 1.29 is 23.1 Å². The average Bonchev–Trinajstić information content (AvgIpc) is 3.11. The topological polar surface area (TPSA) is 104 Å². The van der Waals surface area contributed by atoms with Crippen molar-refractivity contribution in [3.05, 3.63) is 47.3 Å². The number of carboxylic acids is 1. The summed E-state index contributed by atoms with van der Waals surface area (Å²) in [6.07, 6.45) is 0.0190. The molecule has 0 radical (unpaired) electrons. The van der Waals surface area contributed by atoms with E-state index in [0.717, 1.165) is 11.3 Å². The number of aliphatic carboxylic acids is 1. The van der Waals surface area contributed by atoms with Crippen molar-refractivity contribution in [2.75, 3.05) is 11.8 Å². The Morgan fingerprint density at radius 2 is 1.81 bits per heavy atom. The van der Waals surface area contributed by atoms with Gasteiger partial charge in [0, 0.05) is 12.7 Å². The Morgan fingerprint density at radius 3 is 2.31 bits per heavy atom. The van der Waals surface area contributed by atoms with Crippen LogP contribution in [0.2, 0.25) is 0 Å². The molecule has 0 bridgehead atoms. The van der Waals surface area contributed by atoms with Crippen molar-refractivity contribution in [3.63, 3.8) is 0 Å².